The molecule has 3 aromatic rings. The smallest absolute Gasteiger partial charge is 0.316 e. The van der Waals surface area contributed by atoms with Gasteiger partial charge in [0.15, 0.2) is 0 Å². The van der Waals surface area contributed by atoms with Crippen molar-refractivity contribution in [2.75, 3.05) is 5.32 Å². The first-order valence-corrected chi connectivity index (χ1v) is 8.96. The largest absolute Gasteiger partial charge is 0.351 e. The summed E-state index contributed by atoms with van der Waals surface area (Å²) in [5, 5.41) is 6.43. The van der Waals surface area contributed by atoms with Crippen LogP contribution in [0.2, 0.25) is 0 Å². The van der Waals surface area contributed by atoms with E-state index in [2.05, 4.69) is 10.6 Å². The molecule has 136 valence electrons. The number of aromatic nitrogens is 1. The topological polar surface area (TPSA) is 97.1 Å². The number of hydrogen-bond donors (Lipinski definition) is 3. The van der Waals surface area contributed by atoms with Crippen LogP contribution in [-0.2, 0) is 19.4 Å². The maximum Gasteiger partial charge on any atom is 0.316 e. The summed E-state index contributed by atoms with van der Waals surface area (Å²) in [4.78, 5) is 28.6. The minimum Gasteiger partial charge on any atom is -0.351 e. The van der Waals surface area contributed by atoms with E-state index in [1.165, 1.54) is 0 Å². The summed E-state index contributed by atoms with van der Waals surface area (Å²) in [5.41, 5.74) is 10.4. The standard InChI is InChI=1S/C21H20N4O2/c22-21(27)24-14-10-8-13(9-11-14)12-23-20(26)19-15-4-1-2-6-17(15)25-18-7-3-5-16(18)19/h1-2,4,6,8-11H,3,5,7,12H2,(H,23,26)(H3,22,24,27). The number of fused-ring (bicyclic) bond motifs is 2. The van der Waals surface area contributed by atoms with Gasteiger partial charge in [0.2, 0.25) is 0 Å². The number of primary amides is 1. The average Bonchev–Trinajstić information content (AvgIpc) is 3.12. The molecule has 27 heavy (non-hydrogen) atoms. The van der Waals surface area contributed by atoms with Crippen LogP contribution >= 0.6 is 0 Å². The molecule has 0 saturated carbocycles. The van der Waals surface area contributed by atoms with E-state index in [0.29, 0.717) is 12.2 Å². The molecule has 1 aliphatic rings. The summed E-state index contributed by atoms with van der Waals surface area (Å²) in [6, 6.07) is 14.4. The Morgan fingerprint density at radius 2 is 1.81 bits per heavy atom. The molecule has 4 N–H and O–H groups in total. The number of carbonyl (C=O) groups is 2. The molecular weight excluding hydrogens is 340 g/mol. The van der Waals surface area contributed by atoms with Gasteiger partial charge in [0.05, 0.1) is 11.1 Å². The molecule has 0 bridgehead atoms. The van der Waals surface area contributed by atoms with E-state index in [1.54, 1.807) is 12.1 Å². The van der Waals surface area contributed by atoms with Crippen molar-refractivity contribution in [3.8, 4) is 0 Å². The number of nitrogens with one attached hydrogen (secondary N) is 2. The molecule has 0 spiro atoms. The van der Waals surface area contributed by atoms with Gasteiger partial charge in [-0.15, -0.1) is 0 Å². The van der Waals surface area contributed by atoms with Crippen LogP contribution in [0.15, 0.2) is 48.5 Å². The van der Waals surface area contributed by atoms with Gasteiger partial charge in [-0.05, 0) is 48.6 Å². The highest BCUT2D eigenvalue weighted by atomic mass is 16.2. The Kier molecular flexibility index (Phi) is 4.46. The monoisotopic (exact) mass is 360 g/mol. The number of nitrogens with two attached hydrogens (primary N) is 1. The zero-order valence-electron chi connectivity index (χ0n) is 14.8. The molecule has 6 heteroatoms. The molecule has 0 atom stereocenters. The van der Waals surface area contributed by atoms with Gasteiger partial charge in [0.1, 0.15) is 0 Å². The number of hydrogen-bond acceptors (Lipinski definition) is 3. The Hall–Kier alpha value is -3.41. The Labute approximate surface area is 156 Å². The lowest BCUT2D eigenvalue weighted by atomic mass is 10.0. The molecular formula is C21H20N4O2. The van der Waals surface area contributed by atoms with Gasteiger partial charge >= 0.3 is 6.03 Å². The number of benzene rings is 2. The van der Waals surface area contributed by atoms with Crippen LogP contribution in [0.4, 0.5) is 10.5 Å². The van der Waals surface area contributed by atoms with E-state index in [9.17, 15) is 9.59 Å². The number of urea groups is 1. The maximum atomic E-state index is 13.0. The minimum absolute atomic E-state index is 0.0777. The number of anilines is 1. The lowest BCUT2D eigenvalue weighted by Crippen LogP contribution is -2.24. The summed E-state index contributed by atoms with van der Waals surface area (Å²) in [6.45, 7) is 0.404. The van der Waals surface area contributed by atoms with Crippen LogP contribution in [0.1, 0.15) is 33.6 Å². The molecule has 3 amide bonds. The Morgan fingerprint density at radius 3 is 2.59 bits per heavy atom. The molecule has 6 nitrogen and oxygen atoms in total. The highest BCUT2D eigenvalue weighted by Gasteiger charge is 2.23. The van der Waals surface area contributed by atoms with Crippen molar-refractivity contribution in [2.24, 2.45) is 5.73 Å². The van der Waals surface area contributed by atoms with Crippen molar-refractivity contribution in [2.45, 2.75) is 25.8 Å². The first-order valence-electron chi connectivity index (χ1n) is 8.96. The van der Waals surface area contributed by atoms with E-state index < -0.39 is 6.03 Å². The third-order valence-corrected chi connectivity index (χ3v) is 4.82. The Balaban J connectivity index is 1.56. The molecule has 4 rings (SSSR count). The lowest BCUT2D eigenvalue weighted by molar-refractivity contribution is 0.0951. The molecule has 2 aromatic carbocycles. The zero-order chi connectivity index (χ0) is 18.8. The van der Waals surface area contributed by atoms with E-state index in [-0.39, 0.29) is 5.91 Å². The second kappa shape index (κ2) is 7.07. The summed E-state index contributed by atoms with van der Waals surface area (Å²) in [5.74, 6) is -0.0777. The number of carbonyl (C=O) groups excluding carboxylic acids is 2. The fraction of sp³-hybridized carbons (Fsp3) is 0.190. The number of para-hydroxylation sites is 1. The lowest BCUT2D eigenvalue weighted by Gasteiger charge is -2.13. The summed E-state index contributed by atoms with van der Waals surface area (Å²) < 4.78 is 0. The van der Waals surface area contributed by atoms with Crippen molar-refractivity contribution in [1.82, 2.24) is 10.3 Å². The van der Waals surface area contributed by atoms with Crippen molar-refractivity contribution < 1.29 is 9.59 Å². The summed E-state index contributed by atoms with van der Waals surface area (Å²) >= 11 is 0. The second-order valence-electron chi connectivity index (χ2n) is 6.65. The predicted molar refractivity (Wildman–Crippen MR) is 105 cm³/mol. The van der Waals surface area contributed by atoms with Crippen LogP contribution in [0.3, 0.4) is 0 Å². The molecule has 0 radical (unpaired) electrons. The van der Waals surface area contributed by atoms with Crippen molar-refractivity contribution in [1.29, 1.82) is 0 Å². The molecule has 1 aliphatic carbocycles. The van der Waals surface area contributed by atoms with Gasteiger partial charge < -0.3 is 16.4 Å². The average molecular weight is 360 g/mol. The highest BCUT2D eigenvalue weighted by Crippen LogP contribution is 2.29. The van der Waals surface area contributed by atoms with E-state index >= 15 is 0 Å². The number of rotatable bonds is 4. The third kappa shape index (κ3) is 3.46. The molecule has 1 heterocycles. The van der Waals surface area contributed by atoms with E-state index in [1.807, 2.05) is 36.4 Å². The first kappa shape index (κ1) is 17.0. The van der Waals surface area contributed by atoms with Gasteiger partial charge in [0, 0.05) is 23.3 Å². The highest BCUT2D eigenvalue weighted by molar-refractivity contribution is 6.07. The number of nitrogens with zero attached hydrogens (tertiary/aromatic N) is 1. The Morgan fingerprint density at radius 1 is 1.04 bits per heavy atom. The third-order valence-electron chi connectivity index (χ3n) is 4.82. The van der Waals surface area contributed by atoms with Gasteiger partial charge in [-0.1, -0.05) is 30.3 Å². The van der Waals surface area contributed by atoms with Crippen molar-refractivity contribution in [3.05, 3.63) is 70.9 Å². The van der Waals surface area contributed by atoms with Gasteiger partial charge in [-0.3, -0.25) is 9.78 Å². The quantitative estimate of drug-likeness (QED) is 0.667. The molecule has 0 fully saturated rings. The molecule has 0 aliphatic heterocycles. The number of pyridine rings is 1. The Bertz CT molecular complexity index is 1030. The van der Waals surface area contributed by atoms with Crippen LogP contribution in [0, 0.1) is 0 Å². The molecule has 0 unspecified atom stereocenters. The number of aryl methyl sites for hydroxylation is 1. The predicted octanol–water partition coefficient (Wildman–Crippen LogP) is 3.14. The second-order valence-corrected chi connectivity index (χ2v) is 6.65. The van der Waals surface area contributed by atoms with Gasteiger partial charge in [-0.25, -0.2) is 4.79 Å². The fourth-order valence-corrected chi connectivity index (χ4v) is 3.59. The van der Waals surface area contributed by atoms with Crippen LogP contribution in [0.5, 0.6) is 0 Å². The van der Waals surface area contributed by atoms with Crippen LogP contribution in [0.25, 0.3) is 10.9 Å². The molecule has 0 saturated heterocycles. The van der Waals surface area contributed by atoms with Crippen LogP contribution < -0.4 is 16.4 Å². The summed E-state index contributed by atoms with van der Waals surface area (Å²) in [6.07, 6.45) is 2.85. The maximum absolute atomic E-state index is 13.0. The SMILES string of the molecule is NC(=O)Nc1ccc(CNC(=O)c2c3c(nc4ccccc24)CCC3)cc1. The van der Waals surface area contributed by atoms with Gasteiger partial charge in [-0.2, -0.15) is 0 Å². The van der Waals surface area contributed by atoms with Crippen LogP contribution in [-0.4, -0.2) is 16.9 Å². The minimum atomic E-state index is -0.602. The fourth-order valence-electron chi connectivity index (χ4n) is 3.59. The van der Waals surface area contributed by atoms with Crippen molar-refractivity contribution in [3.63, 3.8) is 0 Å². The van der Waals surface area contributed by atoms with Crippen molar-refractivity contribution >= 4 is 28.5 Å². The normalized spacial score (nSPS) is 12.6. The molecule has 1 aromatic heterocycles. The van der Waals surface area contributed by atoms with E-state index in [4.69, 9.17) is 10.7 Å². The summed E-state index contributed by atoms with van der Waals surface area (Å²) in [7, 11) is 0. The number of amides is 3. The first-order chi connectivity index (χ1) is 13.1. The van der Waals surface area contributed by atoms with E-state index in [0.717, 1.165) is 52.5 Å². The van der Waals surface area contributed by atoms with Gasteiger partial charge in [0.25, 0.3) is 5.91 Å². The zero-order valence-corrected chi connectivity index (χ0v) is 14.8.